The smallest absolute Gasteiger partial charge is 0.409 e. The number of carbonyl (C=O) groups excluding carboxylic acids is 8. The molecule has 99 heavy (non-hydrogen) atoms. The van der Waals surface area contributed by atoms with Gasteiger partial charge in [0.2, 0.25) is 17.7 Å². The monoisotopic (exact) mass is 1370 g/mol. The van der Waals surface area contributed by atoms with E-state index in [0.29, 0.717) is 80.1 Å². The Hall–Kier alpha value is -10.2. The molecule has 520 valence electrons. The number of nitrogens with zero attached hydrogens (tertiary/aromatic N) is 7. The molecule has 3 unspecified atom stereocenters. The van der Waals surface area contributed by atoms with Crippen LogP contribution in [-0.2, 0) is 46.6 Å². The third kappa shape index (κ3) is 16.4. The number of para-hydroxylation sites is 1. The number of hydrogen-bond donors (Lipinski definition) is 7. The lowest BCUT2D eigenvalue weighted by Crippen LogP contribution is -2.64. The number of anilines is 2. The minimum absolute atomic E-state index is 0.0161. The minimum atomic E-state index is -1.22. The van der Waals surface area contributed by atoms with Gasteiger partial charge in [0.15, 0.2) is 23.2 Å². The zero-order valence-corrected chi connectivity index (χ0v) is 57.1. The molecule has 12 rings (SSSR count). The molecule has 1 aliphatic heterocycles. The van der Waals surface area contributed by atoms with Crippen molar-refractivity contribution in [3.8, 4) is 22.4 Å². The number of likely N-dealkylation sites (N-methyl/N-ethyl adjacent to an activating group) is 1. The number of rotatable bonds is 29. The van der Waals surface area contributed by atoms with Crippen molar-refractivity contribution < 1.29 is 62.5 Å². The fourth-order valence-corrected chi connectivity index (χ4v) is 16.8. The number of ether oxygens (including phenoxy) is 2. The van der Waals surface area contributed by atoms with Gasteiger partial charge in [0.25, 0.3) is 17.7 Å². The number of amides is 9. The van der Waals surface area contributed by atoms with Crippen molar-refractivity contribution in [3.63, 3.8) is 0 Å². The van der Waals surface area contributed by atoms with E-state index >= 15 is 0 Å². The van der Waals surface area contributed by atoms with E-state index in [-0.39, 0.29) is 103 Å². The number of fused-ring (bicyclic) bond motifs is 2. The van der Waals surface area contributed by atoms with Crippen LogP contribution in [0.2, 0.25) is 0 Å². The third-order valence-corrected chi connectivity index (χ3v) is 20.3. The molecular weight excluding hydrogens is 1290 g/mol. The molecule has 4 fully saturated rings. The van der Waals surface area contributed by atoms with Crippen LogP contribution in [0, 0.1) is 34.3 Å². The number of nitrogens with one attached hydrogen (secondary N) is 5. The number of hydrogen-bond acceptors (Lipinski definition) is 16. The quantitative estimate of drug-likeness (QED) is 0.00994. The number of benzene rings is 3. The zero-order valence-electron chi connectivity index (χ0n) is 56.3. The molecule has 0 saturated heterocycles. The average molecular weight is 1370 g/mol. The topological polar surface area (TPSA) is 356 Å². The maximum Gasteiger partial charge on any atom is 0.409 e. The van der Waals surface area contributed by atoms with Crippen LogP contribution < -0.4 is 37.0 Å². The van der Waals surface area contributed by atoms with E-state index in [0.717, 1.165) is 59.3 Å². The van der Waals surface area contributed by atoms with Gasteiger partial charge in [0, 0.05) is 90.6 Å². The molecule has 4 aliphatic carbocycles. The van der Waals surface area contributed by atoms with Gasteiger partial charge in [-0.15, -0.1) is 0 Å². The van der Waals surface area contributed by atoms with Gasteiger partial charge in [0.05, 0.1) is 34.3 Å². The molecule has 4 bridgehead atoms. The van der Waals surface area contributed by atoms with E-state index < -0.39 is 53.5 Å². The summed E-state index contributed by atoms with van der Waals surface area (Å²) in [7, 11) is 1.66. The highest BCUT2D eigenvalue weighted by Gasteiger charge is 2.66. The summed E-state index contributed by atoms with van der Waals surface area (Å²) in [5.41, 5.74) is 9.05. The number of thiazole rings is 1. The molecule has 4 aromatic heterocycles. The molecular formula is C72H83N13O13S. The van der Waals surface area contributed by atoms with Crippen molar-refractivity contribution >= 4 is 96.7 Å². The Morgan fingerprint density at radius 1 is 0.828 bits per heavy atom. The number of carbonyl (C=O) groups is 9. The number of carboxylic acids is 1. The van der Waals surface area contributed by atoms with Crippen LogP contribution >= 0.6 is 11.3 Å². The van der Waals surface area contributed by atoms with Gasteiger partial charge < -0.3 is 51.7 Å². The average Bonchev–Trinajstić information content (AvgIpc) is 0.846. The van der Waals surface area contributed by atoms with Crippen LogP contribution in [0.3, 0.4) is 0 Å². The summed E-state index contributed by atoms with van der Waals surface area (Å²) in [6.45, 7) is 11.7. The number of pyridine rings is 2. The highest BCUT2D eigenvalue weighted by molar-refractivity contribution is 7.22. The normalized spacial score (nSPS) is 20.5. The molecule has 0 radical (unpaired) electrons. The molecule has 7 aromatic rings. The number of nitrogens with two attached hydrogens (primary N) is 1. The molecule has 0 spiro atoms. The molecule has 5 aliphatic rings. The molecule has 26 nitrogen and oxygen atoms in total. The standard InChI is InChI=1S/C72H83N13O13S/c1-43(2)60(80-57(86)16-8-7-11-28-84-58(87)25-26-59(84)88)64(91)78-55(14-12-27-74-66(73)94)63(90)76-48-21-17-45(18-22-48)35-97-68(95)82(6)29-30-98-72-39-69(4)36-70(5,40-72)38-71(37-69,41-72)42-85-44(3)51(32-75-85)49-23-24-53(77-61(49)65(92)93)46-19-20-47-33-83(96)34-52(50(47)31-46)62(89)81-67-79-54-13-9-10-15-56(54)99-67/h9-10,13,15,17-26,31-34,43,55,60H,7-8,11-12,14,16,27-30,35-42H2,1-6H3,(H,76,90)(H,78,91)(H,80,86)(H,92,93)(H3,73,74,94)(H,79,81,89)/t55-,60?,69?,70?,71?,72?/m0/s1. The molecule has 5 heterocycles. The van der Waals surface area contributed by atoms with Crippen molar-refractivity contribution in [1.29, 1.82) is 0 Å². The molecule has 9 amide bonds. The number of primary amides is 1. The minimum Gasteiger partial charge on any atom is -0.619 e. The van der Waals surface area contributed by atoms with Crippen LogP contribution in [-0.4, -0.2) is 139 Å². The summed E-state index contributed by atoms with van der Waals surface area (Å²) in [5, 5.41) is 43.5. The van der Waals surface area contributed by atoms with E-state index in [2.05, 4.69) is 45.4 Å². The van der Waals surface area contributed by atoms with Crippen LogP contribution in [0.4, 0.5) is 20.4 Å². The number of aromatic nitrogens is 5. The van der Waals surface area contributed by atoms with Crippen molar-refractivity contribution in [1.82, 2.24) is 45.5 Å². The van der Waals surface area contributed by atoms with Crippen molar-refractivity contribution in [2.75, 3.05) is 43.9 Å². The molecule has 4 atom stereocenters. The highest BCUT2D eigenvalue weighted by atomic mass is 32.1. The van der Waals surface area contributed by atoms with E-state index in [1.807, 2.05) is 35.9 Å². The Morgan fingerprint density at radius 3 is 2.27 bits per heavy atom. The van der Waals surface area contributed by atoms with Gasteiger partial charge in [0.1, 0.15) is 24.3 Å². The first-order valence-corrected chi connectivity index (χ1v) is 34.2. The predicted molar refractivity (Wildman–Crippen MR) is 369 cm³/mol. The van der Waals surface area contributed by atoms with Gasteiger partial charge in [-0.25, -0.2) is 24.4 Å². The zero-order chi connectivity index (χ0) is 70.6. The lowest BCUT2D eigenvalue weighted by molar-refractivity contribution is -0.604. The Balaban J connectivity index is 0.677. The van der Waals surface area contributed by atoms with E-state index in [1.165, 1.54) is 40.8 Å². The highest BCUT2D eigenvalue weighted by Crippen LogP contribution is 2.72. The lowest BCUT2D eigenvalue weighted by Gasteiger charge is -2.69. The summed E-state index contributed by atoms with van der Waals surface area (Å²) in [5.74, 6) is -4.30. The summed E-state index contributed by atoms with van der Waals surface area (Å²) >= 11 is 1.32. The molecule has 4 saturated carbocycles. The van der Waals surface area contributed by atoms with Crippen LogP contribution in [0.5, 0.6) is 0 Å². The van der Waals surface area contributed by atoms with Gasteiger partial charge in [-0.1, -0.05) is 75.8 Å². The maximum atomic E-state index is 13.8. The number of carboxylic acid groups (broad SMARTS) is 1. The van der Waals surface area contributed by atoms with Gasteiger partial charge >= 0.3 is 18.1 Å². The number of unbranched alkanes of at least 4 members (excludes halogenated alkanes) is 2. The first-order valence-electron chi connectivity index (χ1n) is 33.4. The summed E-state index contributed by atoms with van der Waals surface area (Å²) in [6, 6.07) is 20.1. The Labute approximate surface area is 576 Å². The van der Waals surface area contributed by atoms with Crippen molar-refractivity contribution in [3.05, 3.63) is 137 Å². The summed E-state index contributed by atoms with van der Waals surface area (Å²) < 4.78 is 16.2. The maximum absolute atomic E-state index is 13.8. The second kappa shape index (κ2) is 29.1. The van der Waals surface area contributed by atoms with Crippen LogP contribution in [0.25, 0.3) is 43.4 Å². The van der Waals surface area contributed by atoms with E-state index in [4.69, 9.17) is 25.3 Å². The van der Waals surface area contributed by atoms with Crippen molar-refractivity contribution in [2.24, 2.45) is 27.9 Å². The summed E-state index contributed by atoms with van der Waals surface area (Å²) in [6.07, 6.45) is 13.8. The third-order valence-electron chi connectivity index (χ3n) is 19.3. The van der Waals surface area contributed by atoms with E-state index in [1.54, 1.807) is 81.7 Å². The van der Waals surface area contributed by atoms with Crippen LogP contribution in [0.1, 0.15) is 137 Å². The van der Waals surface area contributed by atoms with Crippen molar-refractivity contribution in [2.45, 2.75) is 143 Å². The Bertz CT molecular complexity index is 4270. The fraction of sp³-hybridized carbons (Fsp3) is 0.431. The number of imide groups is 1. The Kier molecular flexibility index (Phi) is 20.6. The first-order chi connectivity index (χ1) is 47.2. The number of aromatic carboxylic acids is 1. The summed E-state index contributed by atoms with van der Waals surface area (Å²) in [4.78, 5) is 128. The Morgan fingerprint density at radius 2 is 1.57 bits per heavy atom. The largest absolute Gasteiger partial charge is 0.619 e. The number of urea groups is 1. The first kappa shape index (κ1) is 70.2. The lowest BCUT2D eigenvalue weighted by atomic mass is 9.39. The molecule has 27 heteroatoms. The second-order valence-electron chi connectivity index (χ2n) is 28.1. The second-order valence-corrected chi connectivity index (χ2v) is 29.1. The van der Waals surface area contributed by atoms with Gasteiger partial charge in [-0.3, -0.25) is 43.7 Å². The van der Waals surface area contributed by atoms with Crippen LogP contribution in [0.15, 0.2) is 110 Å². The van der Waals surface area contributed by atoms with E-state index in [9.17, 15) is 53.5 Å². The molecule has 8 N–H and O–H groups in total. The molecule has 3 aromatic carbocycles. The fourth-order valence-electron chi connectivity index (χ4n) is 15.9. The van der Waals surface area contributed by atoms with Gasteiger partial charge in [-0.05, 0) is 147 Å². The predicted octanol–water partition coefficient (Wildman–Crippen LogP) is 9.17. The SMILES string of the molecule is Cc1c(-c2ccc(-c3ccc4c[n+]([O-])cc(C(=O)Nc5nc6ccccc6s5)c4c3)nc2C(=O)O)cnn1CC12CC3(C)CC(C)(C1)CC(OCCN(C)C(=O)OCc1ccc(NC(=O)[C@H](CCCNC(N)=O)NC(=O)C(NC(=O)CCCCCN4C(=O)C=CC4=O)C(C)C)cc1)(C3)C2. The van der Waals surface area contributed by atoms with Gasteiger partial charge in [-0.2, -0.15) is 9.83 Å².